The fourth-order valence-electron chi connectivity index (χ4n) is 2.55. The zero-order valence-corrected chi connectivity index (χ0v) is 13.7. The number of nitrogens with zero attached hydrogens (tertiary/aromatic N) is 4. The van der Waals surface area contributed by atoms with Gasteiger partial charge in [0.25, 0.3) is 5.89 Å². The number of methoxy groups -OCH3 is 1. The Bertz CT molecular complexity index is 740. The standard InChI is InChI=1S/C16H19N5O3/c1-21-6-5-18-9-12(21)16-19-15(24-20-16)10-23-13-4-3-11(8-17)7-14(13)22-2/h3-4,7,12,18H,5-6,9-10H2,1-2H3. The van der Waals surface area contributed by atoms with E-state index in [-0.39, 0.29) is 12.6 Å². The first-order valence-electron chi connectivity index (χ1n) is 7.65. The summed E-state index contributed by atoms with van der Waals surface area (Å²) >= 11 is 0. The third kappa shape index (κ3) is 3.48. The van der Waals surface area contributed by atoms with Gasteiger partial charge in [-0.2, -0.15) is 10.2 Å². The molecule has 1 aliphatic rings. The summed E-state index contributed by atoms with van der Waals surface area (Å²) in [4.78, 5) is 6.60. The van der Waals surface area contributed by atoms with Crippen molar-refractivity contribution in [3.05, 3.63) is 35.5 Å². The molecule has 2 aromatic rings. The molecule has 0 bridgehead atoms. The van der Waals surface area contributed by atoms with E-state index in [1.807, 2.05) is 7.05 Å². The number of rotatable bonds is 5. The van der Waals surface area contributed by atoms with Gasteiger partial charge in [0.2, 0.25) is 0 Å². The molecule has 0 amide bonds. The molecule has 126 valence electrons. The monoisotopic (exact) mass is 329 g/mol. The average molecular weight is 329 g/mol. The molecule has 8 heteroatoms. The second kappa shape index (κ2) is 7.29. The zero-order valence-electron chi connectivity index (χ0n) is 13.7. The molecular formula is C16H19N5O3. The highest BCUT2D eigenvalue weighted by molar-refractivity contribution is 5.46. The van der Waals surface area contributed by atoms with Crippen LogP contribution in [0.2, 0.25) is 0 Å². The molecule has 1 aliphatic heterocycles. The molecule has 0 aliphatic carbocycles. The first-order chi connectivity index (χ1) is 11.7. The van der Waals surface area contributed by atoms with Gasteiger partial charge in [0.1, 0.15) is 0 Å². The number of likely N-dealkylation sites (N-methyl/N-ethyl adjacent to an activating group) is 1. The molecule has 0 radical (unpaired) electrons. The van der Waals surface area contributed by atoms with Crippen LogP contribution in [0.25, 0.3) is 0 Å². The van der Waals surface area contributed by atoms with Gasteiger partial charge in [0.05, 0.1) is 24.8 Å². The summed E-state index contributed by atoms with van der Waals surface area (Å²) in [6.07, 6.45) is 0. The van der Waals surface area contributed by atoms with Crippen LogP contribution in [0.4, 0.5) is 0 Å². The highest BCUT2D eigenvalue weighted by Gasteiger charge is 2.25. The van der Waals surface area contributed by atoms with Crippen molar-refractivity contribution in [1.82, 2.24) is 20.4 Å². The number of ether oxygens (including phenoxy) is 2. The summed E-state index contributed by atoms with van der Waals surface area (Å²) in [6.45, 7) is 2.83. The quantitative estimate of drug-likeness (QED) is 0.871. The normalized spacial score (nSPS) is 18.1. The molecule has 1 atom stereocenters. The molecule has 8 nitrogen and oxygen atoms in total. The predicted octanol–water partition coefficient (Wildman–Crippen LogP) is 1.10. The summed E-state index contributed by atoms with van der Waals surface area (Å²) in [6, 6.07) is 7.13. The van der Waals surface area contributed by atoms with Crippen molar-refractivity contribution in [2.75, 3.05) is 33.8 Å². The smallest absolute Gasteiger partial charge is 0.264 e. The SMILES string of the molecule is COc1cc(C#N)ccc1OCc1nc(C2CNCCN2C)no1. The van der Waals surface area contributed by atoms with Gasteiger partial charge in [0.15, 0.2) is 23.9 Å². The molecule has 3 rings (SSSR count). The lowest BCUT2D eigenvalue weighted by Crippen LogP contribution is -2.44. The summed E-state index contributed by atoms with van der Waals surface area (Å²) in [5.41, 5.74) is 0.507. The van der Waals surface area contributed by atoms with E-state index in [0.717, 1.165) is 19.6 Å². The minimum absolute atomic E-state index is 0.0979. The molecule has 1 saturated heterocycles. The fraction of sp³-hybridized carbons (Fsp3) is 0.438. The number of hydrogen-bond acceptors (Lipinski definition) is 8. The van der Waals surface area contributed by atoms with Crippen molar-refractivity contribution in [3.63, 3.8) is 0 Å². The lowest BCUT2D eigenvalue weighted by Gasteiger charge is -2.30. The first kappa shape index (κ1) is 16.2. The van der Waals surface area contributed by atoms with Gasteiger partial charge in [-0.25, -0.2) is 0 Å². The molecule has 0 spiro atoms. The number of piperazine rings is 1. The van der Waals surface area contributed by atoms with Crippen LogP contribution in [0.3, 0.4) is 0 Å². The zero-order chi connectivity index (χ0) is 16.9. The van der Waals surface area contributed by atoms with Gasteiger partial charge in [-0.05, 0) is 19.2 Å². The number of nitrogens with one attached hydrogen (secondary N) is 1. The van der Waals surface area contributed by atoms with Crippen molar-refractivity contribution >= 4 is 0 Å². The third-order valence-corrected chi connectivity index (χ3v) is 3.94. The minimum atomic E-state index is 0.0979. The fourth-order valence-corrected chi connectivity index (χ4v) is 2.55. The molecule has 1 fully saturated rings. The lowest BCUT2D eigenvalue weighted by atomic mass is 10.2. The van der Waals surface area contributed by atoms with E-state index in [0.29, 0.717) is 28.8 Å². The van der Waals surface area contributed by atoms with E-state index in [9.17, 15) is 0 Å². The molecule has 2 heterocycles. The van der Waals surface area contributed by atoms with Crippen LogP contribution in [0.1, 0.15) is 23.3 Å². The van der Waals surface area contributed by atoms with Crippen LogP contribution in [0, 0.1) is 11.3 Å². The van der Waals surface area contributed by atoms with Crippen LogP contribution >= 0.6 is 0 Å². The number of aromatic nitrogens is 2. The third-order valence-electron chi connectivity index (χ3n) is 3.94. The number of nitriles is 1. The Labute approximate surface area is 140 Å². The largest absolute Gasteiger partial charge is 0.493 e. The van der Waals surface area contributed by atoms with Gasteiger partial charge in [-0.3, -0.25) is 4.90 Å². The van der Waals surface area contributed by atoms with Gasteiger partial charge in [0, 0.05) is 25.7 Å². The molecule has 1 N–H and O–H groups in total. The molecule has 0 saturated carbocycles. The Hall–Kier alpha value is -2.63. The summed E-state index contributed by atoms with van der Waals surface area (Å²) in [7, 11) is 3.57. The second-order valence-electron chi connectivity index (χ2n) is 5.51. The van der Waals surface area contributed by atoms with Crippen LogP contribution in [0.5, 0.6) is 11.5 Å². The van der Waals surface area contributed by atoms with Crippen LogP contribution in [-0.2, 0) is 6.61 Å². The Balaban J connectivity index is 1.66. The Morgan fingerprint density at radius 1 is 1.46 bits per heavy atom. The highest BCUT2D eigenvalue weighted by Crippen LogP contribution is 2.28. The second-order valence-corrected chi connectivity index (χ2v) is 5.51. The average Bonchev–Trinajstić information content (AvgIpc) is 3.09. The van der Waals surface area contributed by atoms with Crippen molar-refractivity contribution in [1.29, 1.82) is 5.26 Å². The number of hydrogen-bond donors (Lipinski definition) is 1. The Morgan fingerprint density at radius 2 is 2.33 bits per heavy atom. The molecular weight excluding hydrogens is 310 g/mol. The van der Waals surface area contributed by atoms with Gasteiger partial charge >= 0.3 is 0 Å². The maximum atomic E-state index is 8.92. The molecule has 1 unspecified atom stereocenters. The maximum Gasteiger partial charge on any atom is 0.264 e. The van der Waals surface area contributed by atoms with Crippen LogP contribution in [-0.4, -0.2) is 48.8 Å². The summed E-state index contributed by atoms with van der Waals surface area (Å²) in [5, 5.41) is 16.3. The molecule has 1 aromatic carbocycles. The van der Waals surface area contributed by atoms with Crippen molar-refractivity contribution < 1.29 is 14.0 Å². The van der Waals surface area contributed by atoms with Crippen molar-refractivity contribution in [2.45, 2.75) is 12.6 Å². The van der Waals surface area contributed by atoms with Crippen molar-refractivity contribution in [3.8, 4) is 17.6 Å². The van der Waals surface area contributed by atoms with E-state index >= 15 is 0 Å². The predicted molar refractivity (Wildman–Crippen MR) is 84.6 cm³/mol. The first-order valence-corrected chi connectivity index (χ1v) is 7.65. The number of benzene rings is 1. The molecule has 1 aromatic heterocycles. The maximum absolute atomic E-state index is 8.92. The van der Waals surface area contributed by atoms with Crippen molar-refractivity contribution in [2.24, 2.45) is 0 Å². The van der Waals surface area contributed by atoms with E-state index in [1.54, 1.807) is 18.2 Å². The summed E-state index contributed by atoms with van der Waals surface area (Å²) < 4.78 is 16.2. The lowest BCUT2D eigenvalue weighted by molar-refractivity contribution is 0.189. The van der Waals surface area contributed by atoms with Gasteiger partial charge < -0.3 is 19.3 Å². The van der Waals surface area contributed by atoms with E-state index in [2.05, 4.69) is 26.4 Å². The Morgan fingerprint density at radius 3 is 3.08 bits per heavy atom. The minimum Gasteiger partial charge on any atom is -0.493 e. The highest BCUT2D eigenvalue weighted by atomic mass is 16.5. The van der Waals surface area contributed by atoms with Gasteiger partial charge in [-0.15, -0.1) is 0 Å². The topological polar surface area (TPSA) is 96.4 Å². The van der Waals surface area contributed by atoms with Crippen LogP contribution in [0.15, 0.2) is 22.7 Å². The van der Waals surface area contributed by atoms with Gasteiger partial charge in [-0.1, -0.05) is 5.16 Å². The molecule has 24 heavy (non-hydrogen) atoms. The van der Waals surface area contributed by atoms with E-state index < -0.39 is 0 Å². The Kier molecular flexibility index (Phi) is 4.93. The van der Waals surface area contributed by atoms with E-state index in [4.69, 9.17) is 19.3 Å². The summed E-state index contributed by atoms with van der Waals surface area (Å²) in [5.74, 6) is 2.06. The van der Waals surface area contributed by atoms with E-state index in [1.165, 1.54) is 7.11 Å². The van der Waals surface area contributed by atoms with Crippen LogP contribution < -0.4 is 14.8 Å².